The van der Waals surface area contributed by atoms with Crippen LogP contribution >= 0.6 is 0 Å². The van der Waals surface area contributed by atoms with Gasteiger partial charge in [0.2, 0.25) is 0 Å². The summed E-state index contributed by atoms with van der Waals surface area (Å²) in [6, 6.07) is 66.8. The lowest BCUT2D eigenvalue weighted by molar-refractivity contribution is 1.10. The fourth-order valence-corrected chi connectivity index (χ4v) is 9.27. The molecule has 0 spiro atoms. The summed E-state index contributed by atoms with van der Waals surface area (Å²) < 4.78 is 2.36. The zero-order chi connectivity index (χ0) is 36.7. The molecule has 0 unspecified atom stereocenters. The summed E-state index contributed by atoms with van der Waals surface area (Å²) in [5, 5.41) is 8.78. The van der Waals surface area contributed by atoms with E-state index in [1.165, 1.54) is 71.1 Å². The van der Waals surface area contributed by atoms with Crippen LogP contribution in [0.25, 0.3) is 94.4 Å². The van der Waals surface area contributed by atoms with Crippen LogP contribution < -0.4 is 4.90 Å². The molecule has 56 heavy (non-hydrogen) atoms. The van der Waals surface area contributed by atoms with E-state index < -0.39 is 0 Å². The summed E-state index contributed by atoms with van der Waals surface area (Å²) in [6.45, 7) is 0. The van der Waals surface area contributed by atoms with Crippen molar-refractivity contribution >= 4 is 72.4 Å². The zero-order valence-corrected chi connectivity index (χ0v) is 30.4. The van der Waals surface area contributed by atoms with Crippen molar-refractivity contribution in [3.8, 4) is 39.1 Å². The maximum absolute atomic E-state index is 3.22. The molecule has 1 aromatic heterocycles. The highest BCUT2D eigenvalue weighted by molar-refractivity contribution is 6.19. The topological polar surface area (TPSA) is 8.17 Å². The number of anilines is 3. The number of fused-ring (bicyclic) bond motifs is 9. The van der Waals surface area contributed by atoms with Gasteiger partial charge < -0.3 is 9.47 Å². The van der Waals surface area contributed by atoms with E-state index in [0.717, 1.165) is 39.5 Å². The molecule has 2 nitrogen and oxygen atoms in total. The van der Waals surface area contributed by atoms with Gasteiger partial charge in [0.25, 0.3) is 0 Å². The molecule has 0 saturated carbocycles. The largest absolute Gasteiger partial charge is 0.310 e. The zero-order valence-electron chi connectivity index (χ0n) is 30.4. The Hall–Kier alpha value is -7.60. The van der Waals surface area contributed by atoms with Crippen LogP contribution in [-0.2, 0) is 0 Å². The molecule has 0 atom stereocenters. The van der Waals surface area contributed by atoms with Crippen LogP contribution in [0, 0.1) is 0 Å². The molecule has 9 aromatic carbocycles. The molecule has 0 fully saturated rings. The van der Waals surface area contributed by atoms with E-state index in [1.54, 1.807) is 0 Å². The first-order valence-electron chi connectivity index (χ1n) is 19.2. The Morgan fingerprint density at radius 3 is 2.00 bits per heavy atom. The molecule has 2 heteroatoms. The first kappa shape index (κ1) is 30.8. The van der Waals surface area contributed by atoms with Crippen LogP contribution in [0.5, 0.6) is 0 Å². The van der Waals surface area contributed by atoms with Crippen molar-refractivity contribution in [3.05, 3.63) is 205 Å². The minimum absolute atomic E-state index is 1.09. The lowest BCUT2D eigenvalue weighted by Crippen LogP contribution is -2.11. The minimum atomic E-state index is 1.09. The van der Waals surface area contributed by atoms with Crippen LogP contribution in [0.2, 0.25) is 0 Å². The highest BCUT2D eigenvalue weighted by Crippen LogP contribution is 2.51. The van der Waals surface area contributed by atoms with Gasteiger partial charge in [-0.1, -0.05) is 145 Å². The van der Waals surface area contributed by atoms with Crippen molar-refractivity contribution in [2.24, 2.45) is 0 Å². The van der Waals surface area contributed by atoms with Gasteiger partial charge in [0.1, 0.15) is 0 Å². The van der Waals surface area contributed by atoms with Crippen LogP contribution in [-0.4, -0.2) is 4.57 Å². The monoisotopic (exact) mass is 708 g/mol. The molecule has 12 rings (SSSR count). The number of benzene rings is 9. The summed E-state index contributed by atoms with van der Waals surface area (Å²) in [6.07, 6.45) is 4.11. The normalized spacial score (nSPS) is 12.2. The Labute approximate surface area is 324 Å². The lowest BCUT2D eigenvalue weighted by atomic mass is 9.96. The van der Waals surface area contributed by atoms with Crippen LogP contribution in [0.4, 0.5) is 17.1 Å². The Balaban J connectivity index is 1.09. The van der Waals surface area contributed by atoms with Gasteiger partial charge in [-0.2, -0.15) is 0 Å². The maximum Gasteiger partial charge on any atom is 0.0631 e. The molecule has 0 amide bonds. The number of para-hydroxylation sites is 1. The van der Waals surface area contributed by atoms with Gasteiger partial charge in [0.15, 0.2) is 0 Å². The van der Waals surface area contributed by atoms with Crippen molar-refractivity contribution in [1.82, 2.24) is 4.57 Å². The summed E-state index contributed by atoms with van der Waals surface area (Å²) in [4.78, 5) is 2.45. The van der Waals surface area contributed by atoms with E-state index in [9.17, 15) is 0 Å². The van der Waals surface area contributed by atoms with Gasteiger partial charge >= 0.3 is 0 Å². The van der Waals surface area contributed by atoms with E-state index in [4.69, 9.17) is 0 Å². The van der Waals surface area contributed by atoms with Gasteiger partial charge in [-0.05, 0) is 115 Å². The molecular weight excluding hydrogens is 677 g/mol. The Morgan fingerprint density at radius 1 is 0.411 bits per heavy atom. The molecule has 2 aliphatic carbocycles. The third-order valence-electron chi connectivity index (χ3n) is 11.8. The summed E-state index contributed by atoms with van der Waals surface area (Å²) in [7, 11) is 0. The predicted octanol–water partition coefficient (Wildman–Crippen LogP) is 14.7. The third-order valence-corrected chi connectivity index (χ3v) is 11.8. The van der Waals surface area contributed by atoms with Crippen molar-refractivity contribution in [2.75, 3.05) is 4.90 Å². The Morgan fingerprint density at radius 2 is 1.09 bits per heavy atom. The minimum Gasteiger partial charge on any atom is -0.310 e. The molecule has 258 valence electrons. The van der Waals surface area contributed by atoms with Crippen LogP contribution in [0.1, 0.15) is 11.3 Å². The predicted molar refractivity (Wildman–Crippen MR) is 236 cm³/mol. The van der Waals surface area contributed by atoms with Gasteiger partial charge in [0, 0.05) is 39.5 Å². The van der Waals surface area contributed by atoms with Crippen molar-refractivity contribution < 1.29 is 0 Å². The Kier molecular flexibility index (Phi) is 6.58. The third kappa shape index (κ3) is 4.52. The van der Waals surface area contributed by atoms with Gasteiger partial charge in [-0.3, -0.25) is 0 Å². The molecule has 0 saturated heterocycles. The number of aromatic nitrogens is 1. The standard InChI is InChI=1S/C54H32N2/c1-2-14-39(15-3-1)56-51-23-9-8-20-46(51)47-29-27-41(34-53(47)56)55(52-31-30-49-45-19-7-6-18-44(45)48-21-11-22-50(52)54(48)49)40-16-10-13-36(33-40)37-26-28-43-38(32-37)25-24-35-12-4-5-17-42(35)43/h1-7,10-34H. The van der Waals surface area contributed by atoms with Crippen LogP contribution in [0.3, 0.4) is 0 Å². The maximum atomic E-state index is 3.22. The average Bonchev–Trinajstić information content (AvgIpc) is 3.78. The number of hydrogen-bond donors (Lipinski definition) is 0. The van der Waals surface area contributed by atoms with E-state index in [2.05, 4.69) is 215 Å². The molecule has 0 bridgehead atoms. The SMILES string of the molecule is C1=C=Cc2c(c3ccc(N(c4cccc(-c5ccc6c(ccc7ccccc76)c5)c4)c4ccc5c6c(cccc46)-c4ccccc4-5)cc3n2-c2ccccc2)C=1. The molecule has 0 radical (unpaired) electrons. The summed E-state index contributed by atoms with van der Waals surface area (Å²) >= 11 is 0. The van der Waals surface area contributed by atoms with E-state index >= 15 is 0 Å². The number of nitrogens with zero attached hydrogens (tertiary/aromatic N) is 2. The van der Waals surface area contributed by atoms with E-state index in [0.29, 0.717) is 0 Å². The van der Waals surface area contributed by atoms with Gasteiger partial charge in [-0.25, -0.2) is 0 Å². The van der Waals surface area contributed by atoms with Gasteiger partial charge in [-0.15, -0.1) is 0 Å². The highest BCUT2D eigenvalue weighted by atomic mass is 15.1. The molecule has 1 heterocycles. The van der Waals surface area contributed by atoms with E-state index in [-0.39, 0.29) is 0 Å². The second-order valence-corrected chi connectivity index (χ2v) is 14.8. The number of rotatable bonds is 5. The average molecular weight is 709 g/mol. The van der Waals surface area contributed by atoms with Crippen molar-refractivity contribution in [2.45, 2.75) is 0 Å². The fourth-order valence-electron chi connectivity index (χ4n) is 9.27. The summed E-state index contributed by atoms with van der Waals surface area (Å²) in [5.74, 6) is 0. The first-order chi connectivity index (χ1) is 27.8. The summed E-state index contributed by atoms with van der Waals surface area (Å²) in [5.41, 5.74) is 21.8. The second-order valence-electron chi connectivity index (χ2n) is 14.8. The second kappa shape index (κ2) is 12.0. The molecular formula is C54H32N2. The quantitative estimate of drug-likeness (QED) is 0.128. The molecule has 10 aromatic rings. The molecule has 0 aliphatic heterocycles. The number of hydrogen-bond acceptors (Lipinski definition) is 1. The Bertz CT molecular complexity index is 3360. The smallest absolute Gasteiger partial charge is 0.0631 e. The first-order valence-corrected chi connectivity index (χ1v) is 19.2. The lowest BCUT2D eigenvalue weighted by Gasteiger charge is -2.28. The molecule has 2 aliphatic rings. The molecule has 0 N–H and O–H groups in total. The van der Waals surface area contributed by atoms with Crippen molar-refractivity contribution in [1.29, 1.82) is 0 Å². The highest BCUT2D eigenvalue weighted by Gasteiger charge is 2.26. The van der Waals surface area contributed by atoms with Crippen LogP contribution in [0.15, 0.2) is 193 Å². The van der Waals surface area contributed by atoms with E-state index in [1.807, 2.05) is 0 Å². The fraction of sp³-hybridized carbons (Fsp3) is 0. The van der Waals surface area contributed by atoms with Crippen molar-refractivity contribution in [3.63, 3.8) is 0 Å². The van der Waals surface area contributed by atoms with Gasteiger partial charge in [0.05, 0.1) is 16.9 Å².